The van der Waals surface area contributed by atoms with Gasteiger partial charge in [-0.2, -0.15) is 0 Å². The molecular formula is C16H25NO5. The monoisotopic (exact) mass is 311 g/mol. The second kappa shape index (κ2) is 9.78. The zero-order valence-corrected chi connectivity index (χ0v) is 13.8. The Morgan fingerprint density at radius 3 is 2.09 bits per heavy atom. The topological polar surface area (TPSA) is 87.1 Å². The van der Waals surface area contributed by atoms with Gasteiger partial charge in [0, 0.05) is 6.54 Å². The molecule has 0 aliphatic carbocycles. The van der Waals surface area contributed by atoms with E-state index in [2.05, 4.69) is 58.0 Å². The van der Waals surface area contributed by atoms with Gasteiger partial charge in [0.05, 0.1) is 0 Å². The molecule has 0 aliphatic rings. The maximum atomic E-state index is 9.10. The molecule has 6 heteroatoms. The quantitative estimate of drug-likeness (QED) is 0.811. The Kier molecular flexibility index (Phi) is 8.86. The van der Waals surface area contributed by atoms with Crippen LogP contribution in [-0.4, -0.2) is 54.3 Å². The molecule has 0 fully saturated rings. The maximum Gasteiger partial charge on any atom is 0.414 e. The highest BCUT2D eigenvalue weighted by molar-refractivity contribution is 6.27. The van der Waals surface area contributed by atoms with Crippen molar-refractivity contribution in [2.75, 3.05) is 27.2 Å². The van der Waals surface area contributed by atoms with Crippen LogP contribution in [-0.2, 0) is 9.59 Å². The fraction of sp³-hybridized carbons (Fsp3) is 0.500. The fourth-order valence-corrected chi connectivity index (χ4v) is 1.54. The molecule has 0 aromatic heterocycles. The lowest BCUT2D eigenvalue weighted by Gasteiger charge is -2.13. The van der Waals surface area contributed by atoms with E-state index in [1.165, 1.54) is 11.1 Å². The molecule has 0 heterocycles. The van der Waals surface area contributed by atoms with Gasteiger partial charge >= 0.3 is 11.9 Å². The van der Waals surface area contributed by atoms with Crippen molar-refractivity contribution in [3.8, 4) is 5.75 Å². The number of nitrogens with zero attached hydrogens (tertiary/aromatic N) is 1. The van der Waals surface area contributed by atoms with Gasteiger partial charge in [-0.3, -0.25) is 0 Å². The van der Waals surface area contributed by atoms with Crippen LogP contribution in [0.25, 0.3) is 0 Å². The van der Waals surface area contributed by atoms with Gasteiger partial charge in [0.1, 0.15) is 12.4 Å². The standard InChI is InChI=1S/C14H23NO.C2H2O4/c1-11(2)13-8-12(3)9-14(10-13)16-7-6-15(4)5;3-1(4)2(5)6/h8-11H,6-7H2,1-5H3;(H,3,4)(H,5,6). The van der Waals surface area contributed by atoms with Crippen LogP contribution in [0.5, 0.6) is 5.75 Å². The van der Waals surface area contributed by atoms with Crippen molar-refractivity contribution in [2.24, 2.45) is 0 Å². The predicted octanol–water partition coefficient (Wildman–Crippen LogP) is 2.21. The summed E-state index contributed by atoms with van der Waals surface area (Å²) in [6.07, 6.45) is 0. The predicted molar refractivity (Wildman–Crippen MR) is 84.6 cm³/mol. The van der Waals surface area contributed by atoms with Crippen molar-refractivity contribution in [2.45, 2.75) is 26.7 Å². The minimum Gasteiger partial charge on any atom is -0.492 e. The molecule has 0 radical (unpaired) electrons. The van der Waals surface area contributed by atoms with Gasteiger partial charge in [-0.05, 0) is 50.2 Å². The van der Waals surface area contributed by atoms with E-state index >= 15 is 0 Å². The molecule has 1 aromatic rings. The largest absolute Gasteiger partial charge is 0.492 e. The normalized spacial score (nSPS) is 10.1. The molecule has 2 N–H and O–H groups in total. The molecule has 1 aromatic carbocycles. The van der Waals surface area contributed by atoms with Gasteiger partial charge in [0.25, 0.3) is 0 Å². The van der Waals surface area contributed by atoms with E-state index in [4.69, 9.17) is 24.5 Å². The molecule has 0 saturated carbocycles. The second-order valence-corrected chi connectivity index (χ2v) is 5.50. The number of carboxylic acid groups (broad SMARTS) is 2. The van der Waals surface area contributed by atoms with Crippen LogP contribution < -0.4 is 4.74 Å². The Hall–Kier alpha value is -2.08. The van der Waals surface area contributed by atoms with Crippen molar-refractivity contribution >= 4 is 11.9 Å². The number of benzene rings is 1. The van der Waals surface area contributed by atoms with Crippen LogP contribution in [0.1, 0.15) is 30.9 Å². The Morgan fingerprint density at radius 2 is 1.68 bits per heavy atom. The van der Waals surface area contributed by atoms with E-state index in [1.54, 1.807) is 0 Å². The zero-order valence-electron chi connectivity index (χ0n) is 13.8. The second-order valence-electron chi connectivity index (χ2n) is 5.50. The molecule has 0 bridgehead atoms. The third kappa shape index (κ3) is 8.97. The molecule has 22 heavy (non-hydrogen) atoms. The number of carbonyl (C=O) groups is 2. The summed E-state index contributed by atoms with van der Waals surface area (Å²) >= 11 is 0. The van der Waals surface area contributed by atoms with Crippen molar-refractivity contribution < 1.29 is 24.5 Å². The van der Waals surface area contributed by atoms with Crippen molar-refractivity contribution in [3.05, 3.63) is 29.3 Å². The number of aryl methyl sites for hydroxylation is 1. The van der Waals surface area contributed by atoms with Gasteiger partial charge < -0.3 is 19.8 Å². The van der Waals surface area contributed by atoms with Crippen LogP contribution >= 0.6 is 0 Å². The summed E-state index contributed by atoms with van der Waals surface area (Å²) in [6, 6.07) is 6.47. The van der Waals surface area contributed by atoms with Crippen molar-refractivity contribution in [3.63, 3.8) is 0 Å². The molecule has 6 nitrogen and oxygen atoms in total. The zero-order chi connectivity index (χ0) is 17.3. The highest BCUT2D eigenvalue weighted by atomic mass is 16.5. The lowest BCUT2D eigenvalue weighted by molar-refractivity contribution is -0.159. The average molecular weight is 311 g/mol. The van der Waals surface area contributed by atoms with E-state index in [0.717, 1.165) is 18.9 Å². The molecule has 0 amide bonds. The number of hydrogen-bond donors (Lipinski definition) is 2. The number of rotatable bonds is 5. The SMILES string of the molecule is Cc1cc(OCCN(C)C)cc(C(C)C)c1.O=C(O)C(=O)O. The lowest BCUT2D eigenvalue weighted by Crippen LogP contribution is -2.19. The minimum atomic E-state index is -1.82. The number of aliphatic carboxylic acids is 2. The summed E-state index contributed by atoms with van der Waals surface area (Å²) in [5, 5.41) is 14.8. The highest BCUT2D eigenvalue weighted by Crippen LogP contribution is 2.22. The van der Waals surface area contributed by atoms with E-state index < -0.39 is 11.9 Å². The smallest absolute Gasteiger partial charge is 0.414 e. The van der Waals surface area contributed by atoms with E-state index in [-0.39, 0.29) is 0 Å². The molecule has 0 atom stereocenters. The van der Waals surface area contributed by atoms with E-state index in [1.807, 2.05) is 0 Å². The Labute approximate surface area is 131 Å². The average Bonchev–Trinajstić information content (AvgIpc) is 2.38. The Balaban J connectivity index is 0.000000626. The van der Waals surface area contributed by atoms with Crippen LogP contribution in [0.15, 0.2) is 18.2 Å². The molecule has 0 spiro atoms. The summed E-state index contributed by atoms with van der Waals surface area (Å²) in [4.78, 5) is 20.3. The number of hydrogen-bond acceptors (Lipinski definition) is 4. The molecule has 0 saturated heterocycles. The third-order valence-corrected chi connectivity index (χ3v) is 2.73. The minimum absolute atomic E-state index is 0.552. The Morgan fingerprint density at radius 1 is 1.14 bits per heavy atom. The molecule has 1 rings (SSSR count). The highest BCUT2D eigenvalue weighted by Gasteiger charge is 2.04. The summed E-state index contributed by atoms with van der Waals surface area (Å²) < 4.78 is 5.75. The van der Waals surface area contributed by atoms with E-state index in [9.17, 15) is 0 Å². The Bertz CT molecular complexity index is 485. The van der Waals surface area contributed by atoms with Gasteiger partial charge in [-0.15, -0.1) is 0 Å². The summed E-state index contributed by atoms with van der Waals surface area (Å²) in [5.41, 5.74) is 2.62. The molecule has 0 unspecified atom stereocenters. The summed E-state index contributed by atoms with van der Waals surface area (Å²) in [6.45, 7) is 8.22. The lowest BCUT2D eigenvalue weighted by atomic mass is 10.0. The first-order valence-electron chi connectivity index (χ1n) is 6.98. The number of carboxylic acids is 2. The van der Waals surface area contributed by atoms with Gasteiger partial charge in [-0.1, -0.05) is 19.9 Å². The first kappa shape index (κ1) is 19.9. The van der Waals surface area contributed by atoms with Crippen molar-refractivity contribution in [1.82, 2.24) is 4.90 Å². The van der Waals surface area contributed by atoms with Crippen LogP contribution in [0, 0.1) is 6.92 Å². The first-order chi connectivity index (χ1) is 10.1. The van der Waals surface area contributed by atoms with Crippen LogP contribution in [0.4, 0.5) is 0 Å². The molecular weight excluding hydrogens is 286 g/mol. The van der Waals surface area contributed by atoms with Crippen molar-refractivity contribution in [1.29, 1.82) is 0 Å². The maximum absolute atomic E-state index is 9.10. The summed E-state index contributed by atoms with van der Waals surface area (Å²) in [7, 11) is 4.11. The van der Waals surface area contributed by atoms with Crippen LogP contribution in [0.2, 0.25) is 0 Å². The number of likely N-dealkylation sites (N-methyl/N-ethyl adjacent to an activating group) is 1. The molecule has 124 valence electrons. The van der Waals surface area contributed by atoms with Crippen LogP contribution in [0.3, 0.4) is 0 Å². The van der Waals surface area contributed by atoms with Gasteiger partial charge in [-0.25, -0.2) is 9.59 Å². The van der Waals surface area contributed by atoms with Gasteiger partial charge in [0.2, 0.25) is 0 Å². The fourth-order valence-electron chi connectivity index (χ4n) is 1.54. The van der Waals surface area contributed by atoms with E-state index in [0.29, 0.717) is 5.92 Å². The summed E-state index contributed by atoms with van der Waals surface area (Å²) in [5.74, 6) is -2.10. The number of ether oxygens (including phenoxy) is 1. The third-order valence-electron chi connectivity index (χ3n) is 2.73. The van der Waals surface area contributed by atoms with Gasteiger partial charge in [0.15, 0.2) is 0 Å². The molecule has 0 aliphatic heterocycles. The first-order valence-corrected chi connectivity index (χ1v) is 6.98.